The van der Waals surface area contributed by atoms with Crippen LogP contribution in [0.3, 0.4) is 0 Å². The first-order valence-electron chi connectivity index (χ1n) is 4.77. The highest BCUT2D eigenvalue weighted by Crippen LogP contribution is 2.33. The Morgan fingerprint density at radius 3 is 2.62 bits per heavy atom. The number of aliphatic hydroxyl groups excluding tert-OH is 1. The summed E-state index contributed by atoms with van der Waals surface area (Å²) >= 11 is 0. The second-order valence-electron chi connectivity index (χ2n) is 4.04. The Kier molecular flexibility index (Phi) is 2.94. The van der Waals surface area contributed by atoms with Gasteiger partial charge in [0.05, 0.1) is 0 Å². The molecule has 0 aromatic rings. The topological polar surface area (TPSA) is 46.2 Å². The van der Waals surface area contributed by atoms with Crippen molar-refractivity contribution < 1.29 is 5.11 Å². The molecule has 2 atom stereocenters. The van der Waals surface area contributed by atoms with Crippen molar-refractivity contribution in [3.63, 3.8) is 0 Å². The minimum absolute atomic E-state index is 0.152. The molecule has 1 unspecified atom stereocenters. The SMILES string of the molecule is CC1=C[C@H](C)C(N)(CCO)C(C)=C1. The molecule has 13 heavy (non-hydrogen) atoms. The number of nitrogens with two attached hydrogens (primary N) is 1. The number of hydrogen-bond donors (Lipinski definition) is 2. The number of allylic oxidation sites excluding steroid dienone is 2. The molecule has 1 aliphatic rings. The van der Waals surface area contributed by atoms with E-state index >= 15 is 0 Å². The maximum Gasteiger partial charge on any atom is 0.0452 e. The van der Waals surface area contributed by atoms with E-state index in [1.54, 1.807) is 0 Å². The molecule has 0 fully saturated rings. The van der Waals surface area contributed by atoms with Crippen molar-refractivity contribution in [3.8, 4) is 0 Å². The third-order valence-corrected chi connectivity index (χ3v) is 3.03. The van der Waals surface area contributed by atoms with Crippen LogP contribution < -0.4 is 5.73 Å². The molecular weight excluding hydrogens is 162 g/mol. The van der Waals surface area contributed by atoms with Gasteiger partial charge in [0.15, 0.2) is 0 Å². The average molecular weight is 181 g/mol. The van der Waals surface area contributed by atoms with Crippen LogP contribution in [-0.2, 0) is 0 Å². The van der Waals surface area contributed by atoms with Gasteiger partial charge in [-0.25, -0.2) is 0 Å². The van der Waals surface area contributed by atoms with Crippen LogP contribution in [-0.4, -0.2) is 17.3 Å². The summed E-state index contributed by atoms with van der Waals surface area (Å²) < 4.78 is 0. The van der Waals surface area contributed by atoms with Gasteiger partial charge in [0, 0.05) is 12.1 Å². The minimum Gasteiger partial charge on any atom is -0.396 e. The van der Waals surface area contributed by atoms with E-state index < -0.39 is 0 Å². The van der Waals surface area contributed by atoms with Crippen molar-refractivity contribution in [2.45, 2.75) is 32.7 Å². The molecule has 0 heterocycles. The number of aliphatic hydroxyl groups is 1. The third-order valence-electron chi connectivity index (χ3n) is 3.03. The fourth-order valence-corrected chi connectivity index (χ4v) is 2.04. The summed E-state index contributed by atoms with van der Waals surface area (Å²) in [5.41, 5.74) is 8.35. The standard InChI is InChI=1S/C11H19NO/c1-8-6-9(2)11(12,4-5-13)10(3)7-8/h6-7,9,13H,4-5,12H2,1-3H3/t9-,11?/m0/s1. The highest BCUT2D eigenvalue weighted by Gasteiger charge is 2.33. The monoisotopic (exact) mass is 181 g/mol. The Morgan fingerprint density at radius 1 is 1.54 bits per heavy atom. The van der Waals surface area contributed by atoms with Crippen LogP contribution in [0, 0.1) is 5.92 Å². The van der Waals surface area contributed by atoms with Gasteiger partial charge < -0.3 is 10.8 Å². The highest BCUT2D eigenvalue weighted by atomic mass is 16.3. The fourth-order valence-electron chi connectivity index (χ4n) is 2.04. The van der Waals surface area contributed by atoms with Crippen molar-refractivity contribution >= 4 is 0 Å². The van der Waals surface area contributed by atoms with Crippen molar-refractivity contribution in [2.75, 3.05) is 6.61 Å². The van der Waals surface area contributed by atoms with Crippen molar-refractivity contribution in [3.05, 3.63) is 23.3 Å². The zero-order valence-electron chi connectivity index (χ0n) is 8.67. The van der Waals surface area contributed by atoms with E-state index in [9.17, 15) is 0 Å². The van der Waals surface area contributed by atoms with Gasteiger partial charge in [0.2, 0.25) is 0 Å². The van der Waals surface area contributed by atoms with E-state index in [1.807, 2.05) is 6.92 Å². The molecule has 0 aromatic heterocycles. The molecule has 0 radical (unpaired) electrons. The molecule has 0 saturated heterocycles. The van der Waals surface area contributed by atoms with E-state index in [0.29, 0.717) is 12.3 Å². The maximum atomic E-state index is 8.96. The molecule has 0 aromatic carbocycles. The molecule has 2 nitrogen and oxygen atoms in total. The number of hydrogen-bond acceptors (Lipinski definition) is 2. The summed E-state index contributed by atoms with van der Waals surface area (Å²) in [5.74, 6) is 0.310. The molecule has 2 heteroatoms. The molecule has 0 spiro atoms. The van der Waals surface area contributed by atoms with Crippen LogP contribution in [0.1, 0.15) is 27.2 Å². The van der Waals surface area contributed by atoms with Gasteiger partial charge in [-0.15, -0.1) is 0 Å². The van der Waals surface area contributed by atoms with Gasteiger partial charge >= 0.3 is 0 Å². The second kappa shape index (κ2) is 3.64. The van der Waals surface area contributed by atoms with E-state index in [0.717, 1.165) is 0 Å². The Hall–Kier alpha value is -0.600. The molecule has 0 bridgehead atoms. The van der Waals surface area contributed by atoms with Gasteiger partial charge in [-0.2, -0.15) is 0 Å². The molecule has 0 amide bonds. The maximum absolute atomic E-state index is 8.96. The lowest BCUT2D eigenvalue weighted by atomic mass is 9.73. The van der Waals surface area contributed by atoms with Crippen LogP contribution >= 0.6 is 0 Å². The van der Waals surface area contributed by atoms with E-state index in [1.165, 1.54) is 11.1 Å². The lowest BCUT2D eigenvalue weighted by Crippen LogP contribution is -2.48. The van der Waals surface area contributed by atoms with Gasteiger partial charge in [-0.1, -0.05) is 30.2 Å². The molecule has 1 aliphatic carbocycles. The Morgan fingerprint density at radius 2 is 2.15 bits per heavy atom. The summed E-state index contributed by atoms with van der Waals surface area (Å²) in [6.45, 7) is 6.38. The zero-order valence-corrected chi connectivity index (χ0v) is 8.67. The highest BCUT2D eigenvalue weighted by molar-refractivity contribution is 5.35. The van der Waals surface area contributed by atoms with Gasteiger partial charge in [0.1, 0.15) is 0 Å². The van der Waals surface area contributed by atoms with Crippen LogP contribution in [0.2, 0.25) is 0 Å². The summed E-state index contributed by atoms with van der Waals surface area (Å²) in [7, 11) is 0. The first-order valence-corrected chi connectivity index (χ1v) is 4.77. The van der Waals surface area contributed by atoms with E-state index in [-0.39, 0.29) is 12.1 Å². The smallest absolute Gasteiger partial charge is 0.0452 e. The fraction of sp³-hybridized carbons (Fsp3) is 0.636. The van der Waals surface area contributed by atoms with Gasteiger partial charge in [0.25, 0.3) is 0 Å². The van der Waals surface area contributed by atoms with Crippen LogP contribution in [0.15, 0.2) is 23.3 Å². The molecule has 3 N–H and O–H groups in total. The van der Waals surface area contributed by atoms with Crippen molar-refractivity contribution in [1.82, 2.24) is 0 Å². The van der Waals surface area contributed by atoms with Crippen LogP contribution in [0.25, 0.3) is 0 Å². The third kappa shape index (κ3) is 1.84. The normalized spacial score (nSPS) is 34.1. The van der Waals surface area contributed by atoms with Crippen LogP contribution in [0.5, 0.6) is 0 Å². The number of rotatable bonds is 2. The van der Waals surface area contributed by atoms with Gasteiger partial charge in [-0.3, -0.25) is 0 Å². The first-order chi connectivity index (χ1) is 6.00. The largest absolute Gasteiger partial charge is 0.396 e. The quantitative estimate of drug-likeness (QED) is 0.680. The molecular formula is C11H19NO. The zero-order chi connectivity index (χ0) is 10.1. The first kappa shape index (κ1) is 10.5. The van der Waals surface area contributed by atoms with E-state index in [2.05, 4.69) is 26.0 Å². The Labute approximate surface area is 80.1 Å². The molecule has 74 valence electrons. The Bertz CT molecular complexity index is 255. The minimum atomic E-state index is -0.339. The molecule has 0 saturated carbocycles. The van der Waals surface area contributed by atoms with Crippen LogP contribution in [0.4, 0.5) is 0 Å². The van der Waals surface area contributed by atoms with E-state index in [4.69, 9.17) is 10.8 Å². The van der Waals surface area contributed by atoms with Gasteiger partial charge in [-0.05, 0) is 26.2 Å². The summed E-state index contributed by atoms with van der Waals surface area (Å²) in [4.78, 5) is 0. The van der Waals surface area contributed by atoms with Crippen molar-refractivity contribution in [2.24, 2.45) is 11.7 Å². The molecule has 1 rings (SSSR count). The predicted molar refractivity (Wildman–Crippen MR) is 55.3 cm³/mol. The average Bonchev–Trinajstić information content (AvgIpc) is 2.01. The lowest BCUT2D eigenvalue weighted by molar-refractivity contribution is 0.231. The summed E-state index contributed by atoms with van der Waals surface area (Å²) in [5, 5.41) is 8.96. The molecule has 0 aliphatic heterocycles. The summed E-state index contributed by atoms with van der Waals surface area (Å²) in [6, 6.07) is 0. The summed E-state index contributed by atoms with van der Waals surface area (Å²) in [6.07, 6.45) is 4.92. The Balaban J connectivity index is 2.94. The second-order valence-corrected chi connectivity index (χ2v) is 4.04. The van der Waals surface area contributed by atoms with Crippen molar-refractivity contribution in [1.29, 1.82) is 0 Å². The lowest BCUT2D eigenvalue weighted by Gasteiger charge is -2.37. The predicted octanol–water partition coefficient (Wildman–Crippen LogP) is 1.61.